The van der Waals surface area contributed by atoms with Crippen molar-refractivity contribution in [1.29, 1.82) is 0 Å². The average Bonchev–Trinajstić information content (AvgIpc) is 2.69. The summed E-state index contributed by atoms with van der Waals surface area (Å²) in [7, 11) is 0. The minimum atomic E-state index is -3.17. The van der Waals surface area contributed by atoms with E-state index in [9.17, 15) is 28.5 Å². The van der Waals surface area contributed by atoms with Gasteiger partial charge in [0.25, 0.3) is 17.5 Å². The van der Waals surface area contributed by atoms with E-state index in [4.69, 9.17) is 0 Å². The Balaban J connectivity index is 2.24. The van der Waals surface area contributed by atoms with Crippen LogP contribution >= 0.6 is 0 Å². The Morgan fingerprint density at radius 1 is 1.10 bits per heavy atom. The number of anilines is 1. The summed E-state index contributed by atoms with van der Waals surface area (Å²) in [5, 5.41) is 13.2. The van der Waals surface area contributed by atoms with Gasteiger partial charge in [-0.15, -0.1) is 0 Å². The van der Waals surface area contributed by atoms with E-state index in [-0.39, 0.29) is 17.2 Å². The second kappa shape index (κ2) is 9.58. The number of carbonyl (C=O) groups excluding carboxylic acids is 2. The molecule has 1 N–H and O–H groups in total. The zero-order valence-corrected chi connectivity index (χ0v) is 15.7. The van der Waals surface area contributed by atoms with E-state index < -0.39 is 28.9 Å². The van der Waals surface area contributed by atoms with Crippen molar-refractivity contribution in [2.75, 3.05) is 18.4 Å². The number of hydrogen-bond acceptors (Lipinski definition) is 5. The number of carbonyl (C=O) groups is 2. The lowest BCUT2D eigenvalue weighted by molar-refractivity contribution is -0.384. The van der Waals surface area contributed by atoms with E-state index in [0.717, 1.165) is 18.2 Å². The predicted molar refractivity (Wildman–Crippen MR) is 101 cm³/mol. The zero-order valence-electron chi connectivity index (χ0n) is 15.7. The molecule has 29 heavy (non-hydrogen) atoms. The first-order valence-corrected chi connectivity index (χ1v) is 8.70. The summed E-state index contributed by atoms with van der Waals surface area (Å²) in [4.78, 5) is 36.5. The monoisotopic (exact) mass is 407 g/mol. The fraction of sp³-hybridized carbons (Fsp3) is 0.263. The number of nitrogens with one attached hydrogen (secondary N) is 1. The molecule has 2 aromatic rings. The molecule has 0 saturated carbocycles. The largest absolute Gasteiger partial charge is 0.433 e. The summed E-state index contributed by atoms with van der Waals surface area (Å²) in [5.74, 6) is -1.30. The highest BCUT2D eigenvalue weighted by Crippen LogP contribution is 2.30. The van der Waals surface area contributed by atoms with Crippen LogP contribution in [-0.4, -0.2) is 41.3 Å². The van der Waals surface area contributed by atoms with Crippen molar-refractivity contribution in [2.24, 2.45) is 0 Å². The molecule has 154 valence electrons. The van der Waals surface area contributed by atoms with Gasteiger partial charge >= 0.3 is 6.61 Å². The molecule has 0 heterocycles. The van der Waals surface area contributed by atoms with Gasteiger partial charge in [-0.3, -0.25) is 19.7 Å². The lowest BCUT2D eigenvalue weighted by Crippen LogP contribution is -2.30. The van der Waals surface area contributed by atoms with Gasteiger partial charge in [-0.1, -0.05) is 0 Å². The Morgan fingerprint density at radius 3 is 2.21 bits per heavy atom. The first-order chi connectivity index (χ1) is 13.8. The first kappa shape index (κ1) is 21.7. The quantitative estimate of drug-likeness (QED) is 0.528. The second-order valence-electron chi connectivity index (χ2n) is 5.82. The molecule has 0 unspecified atom stereocenters. The molecule has 0 aliphatic heterocycles. The van der Waals surface area contributed by atoms with Crippen LogP contribution in [-0.2, 0) is 0 Å². The van der Waals surface area contributed by atoms with Crippen molar-refractivity contribution in [3.05, 3.63) is 63.7 Å². The second-order valence-corrected chi connectivity index (χ2v) is 5.82. The maximum absolute atomic E-state index is 12.6. The van der Waals surface area contributed by atoms with E-state index in [1.165, 1.54) is 24.3 Å². The fourth-order valence-corrected chi connectivity index (χ4v) is 2.58. The van der Waals surface area contributed by atoms with Crippen LogP contribution in [0.4, 0.5) is 20.2 Å². The number of nitrogens with zero attached hydrogens (tertiary/aromatic N) is 2. The lowest BCUT2D eigenvalue weighted by Gasteiger charge is -2.18. The number of hydrogen-bond donors (Lipinski definition) is 1. The molecule has 0 aliphatic carbocycles. The molecule has 2 rings (SSSR count). The van der Waals surface area contributed by atoms with E-state index in [1.807, 2.05) is 13.8 Å². The molecule has 0 aliphatic rings. The molecule has 8 nitrogen and oxygen atoms in total. The zero-order chi connectivity index (χ0) is 21.6. The molecule has 0 fully saturated rings. The Kier molecular flexibility index (Phi) is 7.18. The van der Waals surface area contributed by atoms with E-state index in [1.54, 1.807) is 4.90 Å². The smallest absolute Gasteiger partial charge is 0.387 e. The van der Waals surface area contributed by atoms with Crippen LogP contribution in [0.3, 0.4) is 0 Å². The van der Waals surface area contributed by atoms with Gasteiger partial charge in [-0.2, -0.15) is 8.78 Å². The van der Waals surface area contributed by atoms with Crippen molar-refractivity contribution in [2.45, 2.75) is 20.5 Å². The molecule has 0 radical (unpaired) electrons. The number of non-ortho nitro benzene ring substituents is 1. The lowest BCUT2D eigenvalue weighted by atomic mass is 10.1. The number of rotatable bonds is 8. The van der Waals surface area contributed by atoms with E-state index >= 15 is 0 Å². The van der Waals surface area contributed by atoms with Crippen molar-refractivity contribution >= 4 is 23.2 Å². The summed E-state index contributed by atoms with van der Waals surface area (Å²) in [6.45, 7) is 1.61. The van der Waals surface area contributed by atoms with Gasteiger partial charge in [-0.25, -0.2) is 0 Å². The summed E-state index contributed by atoms with van der Waals surface area (Å²) < 4.78 is 29.4. The third-order valence-electron chi connectivity index (χ3n) is 4.08. The van der Waals surface area contributed by atoms with Crippen LogP contribution in [0.15, 0.2) is 42.5 Å². The van der Waals surface area contributed by atoms with Crippen LogP contribution < -0.4 is 10.1 Å². The van der Waals surface area contributed by atoms with Gasteiger partial charge in [0, 0.05) is 36.3 Å². The number of amides is 2. The molecule has 2 amide bonds. The van der Waals surface area contributed by atoms with Crippen molar-refractivity contribution in [3.8, 4) is 5.75 Å². The van der Waals surface area contributed by atoms with Crippen LogP contribution in [0.2, 0.25) is 0 Å². The molecule has 0 atom stereocenters. The third kappa shape index (κ3) is 5.47. The molecular formula is C19H19F2N3O5. The van der Waals surface area contributed by atoms with Gasteiger partial charge in [-0.05, 0) is 44.2 Å². The Labute approximate surface area is 165 Å². The molecule has 0 bridgehead atoms. The van der Waals surface area contributed by atoms with Crippen molar-refractivity contribution in [3.63, 3.8) is 0 Å². The van der Waals surface area contributed by atoms with E-state index in [2.05, 4.69) is 10.1 Å². The molecule has 2 aromatic carbocycles. The summed E-state index contributed by atoms with van der Waals surface area (Å²) in [6, 6.07) is 8.63. The van der Waals surface area contributed by atoms with Crippen LogP contribution in [0.1, 0.15) is 34.6 Å². The highest BCUT2D eigenvalue weighted by molar-refractivity contribution is 6.06. The molecular weight excluding hydrogens is 388 g/mol. The van der Waals surface area contributed by atoms with Crippen LogP contribution in [0.5, 0.6) is 5.75 Å². The number of benzene rings is 2. The maximum atomic E-state index is 12.6. The Bertz CT molecular complexity index is 899. The van der Waals surface area contributed by atoms with E-state index in [0.29, 0.717) is 18.7 Å². The van der Waals surface area contributed by atoms with Gasteiger partial charge in [0.05, 0.1) is 10.6 Å². The molecule has 0 aromatic heterocycles. The van der Waals surface area contributed by atoms with Crippen LogP contribution in [0, 0.1) is 10.1 Å². The third-order valence-corrected chi connectivity index (χ3v) is 4.08. The standard InChI is InChI=1S/C19H19F2N3O5/c1-3-23(4-2)18(26)13-7-5-12(6-8-13)17(25)22-15-11-14(24(27)28)9-10-16(15)29-19(20)21/h5-11,19H,3-4H2,1-2H3,(H,22,25). The SMILES string of the molecule is CCN(CC)C(=O)c1ccc(C(=O)Nc2cc([N+](=O)[O-])ccc2OC(F)F)cc1. The number of alkyl halides is 2. The fourth-order valence-electron chi connectivity index (χ4n) is 2.58. The summed E-state index contributed by atoms with van der Waals surface area (Å²) >= 11 is 0. The number of nitro benzene ring substituents is 1. The Morgan fingerprint density at radius 2 is 1.69 bits per heavy atom. The normalized spacial score (nSPS) is 10.5. The summed E-state index contributed by atoms with van der Waals surface area (Å²) in [5.41, 5.74) is -0.146. The number of halogens is 2. The van der Waals surface area contributed by atoms with Gasteiger partial charge in [0.1, 0.15) is 5.75 Å². The Hall–Kier alpha value is -3.56. The van der Waals surface area contributed by atoms with Gasteiger partial charge < -0.3 is 15.0 Å². The molecule has 0 saturated heterocycles. The van der Waals surface area contributed by atoms with Gasteiger partial charge in [0.15, 0.2) is 0 Å². The average molecular weight is 407 g/mol. The number of ether oxygens (including phenoxy) is 1. The summed E-state index contributed by atoms with van der Waals surface area (Å²) in [6.07, 6.45) is 0. The highest BCUT2D eigenvalue weighted by Gasteiger charge is 2.18. The number of nitro groups is 1. The molecule has 10 heteroatoms. The van der Waals surface area contributed by atoms with Crippen molar-refractivity contribution < 1.29 is 28.0 Å². The molecule has 0 spiro atoms. The van der Waals surface area contributed by atoms with Crippen molar-refractivity contribution in [1.82, 2.24) is 4.90 Å². The predicted octanol–water partition coefficient (Wildman–Crippen LogP) is 3.93. The topological polar surface area (TPSA) is 102 Å². The maximum Gasteiger partial charge on any atom is 0.387 e. The van der Waals surface area contributed by atoms with Crippen LogP contribution in [0.25, 0.3) is 0 Å². The van der Waals surface area contributed by atoms with Gasteiger partial charge in [0.2, 0.25) is 0 Å². The minimum absolute atomic E-state index is 0.135. The highest BCUT2D eigenvalue weighted by atomic mass is 19.3. The minimum Gasteiger partial charge on any atom is -0.433 e. The first-order valence-electron chi connectivity index (χ1n) is 8.70.